The summed E-state index contributed by atoms with van der Waals surface area (Å²) in [5, 5.41) is 12.1. The number of sulfone groups is 1. The van der Waals surface area contributed by atoms with Crippen LogP contribution >= 0.6 is 0 Å². The number of hydrogen-bond acceptors (Lipinski definition) is 4. The predicted octanol–water partition coefficient (Wildman–Crippen LogP) is 2.78. The van der Waals surface area contributed by atoms with E-state index in [1.165, 1.54) is 6.07 Å². The summed E-state index contributed by atoms with van der Waals surface area (Å²) in [5.74, 6) is -0.909. The minimum absolute atomic E-state index is 0.0602. The van der Waals surface area contributed by atoms with Crippen molar-refractivity contribution in [3.8, 4) is 0 Å². The number of nitrogens with one attached hydrogen (secondary N) is 1. The van der Waals surface area contributed by atoms with Crippen LogP contribution in [0.25, 0.3) is 0 Å². The van der Waals surface area contributed by atoms with Gasteiger partial charge in [0.25, 0.3) is 0 Å². The van der Waals surface area contributed by atoms with Gasteiger partial charge in [-0.25, -0.2) is 8.42 Å². The lowest BCUT2D eigenvalue weighted by atomic mass is 9.87. The molecule has 0 aliphatic carbocycles. The van der Waals surface area contributed by atoms with Crippen LogP contribution in [0.1, 0.15) is 33.6 Å². The number of carboxylic acids is 1. The molecule has 118 valence electrons. The number of rotatable bonds is 6. The Labute approximate surface area is 126 Å². The smallest absolute Gasteiger partial charge is 0.305 e. The number of aliphatic carboxylic acids is 1. The average Bonchev–Trinajstić information content (AvgIpc) is 2.24. The van der Waals surface area contributed by atoms with E-state index in [0.717, 1.165) is 6.26 Å². The van der Waals surface area contributed by atoms with E-state index in [9.17, 15) is 13.2 Å². The Balaban J connectivity index is 3.07. The second-order valence-corrected chi connectivity index (χ2v) is 8.46. The lowest BCUT2D eigenvalue weighted by Crippen LogP contribution is -2.29. The number of carbonyl (C=O) groups is 1. The summed E-state index contributed by atoms with van der Waals surface area (Å²) in [6.07, 6.45) is 1.70. The number of anilines is 1. The van der Waals surface area contributed by atoms with Crippen molar-refractivity contribution in [3.63, 3.8) is 0 Å². The Morgan fingerprint density at radius 2 is 1.86 bits per heavy atom. The molecule has 1 aromatic carbocycles. The van der Waals surface area contributed by atoms with Crippen molar-refractivity contribution in [2.24, 2.45) is 5.41 Å². The SMILES string of the molecule is CC(C)(C)CC(CC(=O)O)Nc1ccccc1S(C)(=O)=O. The van der Waals surface area contributed by atoms with Crippen LogP contribution in [0.2, 0.25) is 0 Å². The van der Waals surface area contributed by atoms with Crippen LogP contribution in [-0.2, 0) is 14.6 Å². The summed E-state index contributed by atoms with van der Waals surface area (Å²) >= 11 is 0. The maximum Gasteiger partial charge on any atom is 0.305 e. The van der Waals surface area contributed by atoms with Crippen LogP contribution < -0.4 is 5.32 Å². The van der Waals surface area contributed by atoms with Gasteiger partial charge < -0.3 is 10.4 Å². The highest BCUT2D eigenvalue weighted by Gasteiger charge is 2.23. The number of benzene rings is 1. The first-order chi connectivity index (χ1) is 9.49. The number of para-hydroxylation sites is 1. The van der Waals surface area contributed by atoms with E-state index in [-0.39, 0.29) is 22.8 Å². The Morgan fingerprint density at radius 3 is 2.33 bits per heavy atom. The summed E-state index contributed by atoms with van der Waals surface area (Å²) in [6.45, 7) is 6.06. The van der Waals surface area contributed by atoms with Gasteiger partial charge in [-0.3, -0.25) is 4.79 Å². The molecule has 0 saturated carbocycles. The van der Waals surface area contributed by atoms with Crippen molar-refractivity contribution >= 4 is 21.5 Å². The minimum Gasteiger partial charge on any atom is -0.481 e. The van der Waals surface area contributed by atoms with Crippen LogP contribution in [-0.4, -0.2) is 31.8 Å². The van der Waals surface area contributed by atoms with E-state index in [2.05, 4.69) is 5.32 Å². The zero-order chi connectivity index (χ0) is 16.3. The fourth-order valence-electron chi connectivity index (χ4n) is 2.25. The first-order valence-electron chi connectivity index (χ1n) is 6.76. The molecule has 21 heavy (non-hydrogen) atoms. The largest absolute Gasteiger partial charge is 0.481 e. The van der Waals surface area contributed by atoms with Gasteiger partial charge in [0.05, 0.1) is 17.0 Å². The monoisotopic (exact) mass is 313 g/mol. The van der Waals surface area contributed by atoms with Crippen molar-refractivity contribution in [3.05, 3.63) is 24.3 Å². The third-order valence-corrected chi connectivity index (χ3v) is 4.08. The molecule has 1 rings (SSSR count). The molecular weight excluding hydrogens is 290 g/mol. The molecule has 0 fully saturated rings. The van der Waals surface area contributed by atoms with Crippen molar-refractivity contribution in [1.82, 2.24) is 0 Å². The van der Waals surface area contributed by atoms with Gasteiger partial charge in [0.15, 0.2) is 9.84 Å². The second kappa shape index (κ2) is 6.47. The average molecular weight is 313 g/mol. The molecule has 0 amide bonds. The highest BCUT2D eigenvalue weighted by atomic mass is 32.2. The minimum atomic E-state index is -3.36. The molecule has 0 heterocycles. The second-order valence-electron chi connectivity index (χ2n) is 6.47. The molecule has 5 nitrogen and oxygen atoms in total. The summed E-state index contributed by atoms with van der Waals surface area (Å²) in [6, 6.07) is 6.23. The maximum absolute atomic E-state index is 11.8. The molecule has 0 bridgehead atoms. The zero-order valence-corrected chi connectivity index (χ0v) is 13.7. The molecule has 0 saturated heterocycles. The third-order valence-electron chi connectivity index (χ3n) is 2.93. The fraction of sp³-hybridized carbons (Fsp3) is 0.533. The van der Waals surface area contributed by atoms with Crippen molar-refractivity contribution in [2.75, 3.05) is 11.6 Å². The van der Waals surface area contributed by atoms with Gasteiger partial charge in [-0.05, 0) is 24.0 Å². The Morgan fingerprint density at radius 1 is 1.29 bits per heavy atom. The summed E-state index contributed by atoms with van der Waals surface area (Å²) < 4.78 is 23.6. The van der Waals surface area contributed by atoms with Gasteiger partial charge in [0.1, 0.15) is 0 Å². The Hall–Kier alpha value is -1.56. The van der Waals surface area contributed by atoms with E-state index in [4.69, 9.17) is 5.11 Å². The zero-order valence-electron chi connectivity index (χ0n) is 12.9. The molecule has 0 radical (unpaired) electrons. The van der Waals surface area contributed by atoms with Crippen LogP contribution in [0.15, 0.2) is 29.2 Å². The topological polar surface area (TPSA) is 83.5 Å². The summed E-state index contributed by atoms with van der Waals surface area (Å²) in [4.78, 5) is 11.2. The molecular formula is C15H23NO4S. The third kappa shape index (κ3) is 6.16. The molecule has 0 aromatic heterocycles. The van der Waals surface area contributed by atoms with E-state index in [1.807, 2.05) is 20.8 Å². The molecule has 2 N–H and O–H groups in total. The van der Waals surface area contributed by atoms with Crippen LogP contribution in [0.5, 0.6) is 0 Å². The van der Waals surface area contributed by atoms with Gasteiger partial charge in [0, 0.05) is 12.3 Å². The molecule has 0 aliphatic rings. The van der Waals surface area contributed by atoms with E-state index >= 15 is 0 Å². The highest BCUT2D eigenvalue weighted by Crippen LogP contribution is 2.27. The molecule has 1 unspecified atom stereocenters. The lowest BCUT2D eigenvalue weighted by molar-refractivity contribution is -0.137. The number of carboxylic acid groups (broad SMARTS) is 1. The Kier molecular flexibility index (Phi) is 5.39. The van der Waals surface area contributed by atoms with Gasteiger partial charge in [0.2, 0.25) is 0 Å². The standard InChI is InChI=1S/C15H23NO4S/c1-15(2,3)10-11(9-14(17)18)16-12-7-5-6-8-13(12)21(4,19)20/h5-8,11,16H,9-10H2,1-4H3,(H,17,18). The van der Waals surface area contributed by atoms with Gasteiger partial charge >= 0.3 is 5.97 Å². The van der Waals surface area contributed by atoms with Crippen molar-refractivity contribution in [1.29, 1.82) is 0 Å². The van der Waals surface area contributed by atoms with Gasteiger partial charge in [-0.1, -0.05) is 32.9 Å². The molecule has 1 aromatic rings. The molecule has 0 spiro atoms. The first-order valence-corrected chi connectivity index (χ1v) is 8.65. The Bertz CT molecular complexity index is 602. The van der Waals surface area contributed by atoms with E-state index < -0.39 is 15.8 Å². The van der Waals surface area contributed by atoms with Gasteiger partial charge in [-0.2, -0.15) is 0 Å². The van der Waals surface area contributed by atoms with Crippen LogP contribution in [0.4, 0.5) is 5.69 Å². The molecule has 1 atom stereocenters. The normalized spacial score (nSPS) is 13.7. The van der Waals surface area contributed by atoms with E-state index in [1.54, 1.807) is 18.2 Å². The van der Waals surface area contributed by atoms with E-state index in [0.29, 0.717) is 12.1 Å². The number of hydrogen-bond donors (Lipinski definition) is 2. The summed E-state index contributed by atoms with van der Waals surface area (Å²) in [5.41, 5.74) is 0.392. The van der Waals surface area contributed by atoms with Gasteiger partial charge in [-0.15, -0.1) is 0 Å². The molecule has 6 heteroatoms. The first kappa shape index (κ1) is 17.5. The lowest BCUT2D eigenvalue weighted by Gasteiger charge is -2.27. The predicted molar refractivity (Wildman–Crippen MR) is 83.3 cm³/mol. The van der Waals surface area contributed by atoms with Crippen LogP contribution in [0.3, 0.4) is 0 Å². The fourth-order valence-corrected chi connectivity index (χ4v) is 3.11. The quantitative estimate of drug-likeness (QED) is 0.843. The highest BCUT2D eigenvalue weighted by molar-refractivity contribution is 7.90. The molecule has 0 aliphatic heterocycles. The summed E-state index contributed by atoms with van der Waals surface area (Å²) in [7, 11) is -3.36. The van der Waals surface area contributed by atoms with Crippen molar-refractivity contribution < 1.29 is 18.3 Å². The van der Waals surface area contributed by atoms with Crippen molar-refractivity contribution in [2.45, 2.75) is 44.6 Å². The maximum atomic E-state index is 11.8. The van der Waals surface area contributed by atoms with Crippen LogP contribution in [0, 0.1) is 5.41 Å².